The average molecular weight is 296 g/mol. The molecule has 0 aliphatic carbocycles. The van der Waals surface area contributed by atoms with Gasteiger partial charge < -0.3 is 15.6 Å². The number of phenols is 1. The van der Waals surface area contributed by atoms with Crippen molar-refractivity contribution < 1.29 is 18.6 Å². The van der Waals surface area contributed by atoms with Crippen LogP contribution in [-0.4, -0.2) is 18.6 Å². The molecule has 3 nitrogen and oxygen atoms in total. The number of phenolic OH excluding ortho intramolecular Hbond substituents is 1. The van der Waals surface area contributed by atoms with Crippen molar-refractivity contribution >= 4 is 15.9 Å². The lowest BCUT2D eigenvalue weighted by Gasteiger charge is -2.14. The third-order valence-electron chi connectivity index (χ3n) is 2.13. The quantitative estimate of drug-likeness (QED) is 0.898. The number of hydrogen-bond acceptors (Lipinski definition) is 3. The molecule has 3 N–H and O–H groups in total. The molecule has 0 saturated heterocycles. The van der Waals surface area contributed by atoms with Gasteiger partial charge in [0.1, 0.15) is 0 Å². The van der Waals surface area contributed by atoms with Crippen LogP contribution < -0.4 is 10.5 Å². The maximum absolute atomic E-state index is 12.2. The van der Waals surface area contributed by atoms with E-state index in [2.05, 4.69) is 15.9 Å². The summed E-state index contributed by atoms with van der Waals surface area (Å²) in [5.41, 5.74) is 6.09. The first kappa shape index (κ1) is 13.2. The van der Waals surface area contributed by atoms with E-state index in [9.17, 15) is 13.9 Å². The summed E-state index contributed by atoms with van der Waals surface area (Å²) in [6.07, 6.45) is -2.89. The summed E-state index contributed by atoms with van der Waals surface area (Å²) in [6.45, 7) is 0. The van der Waals surface area contributed by atoms with Crippen molar-refractivity contribution in [2.45, 2.75) is 18.9 Å². The molecule has 1 aromatic carbocycles. The molecule has 0 bridgehead atoms. The summed E-state index contributed by atoms with van der Waals surface area (Å²) >= 11 is 3.10. The SMILES string of the molecule is COc1cc([C@H](N)CC(F)F)cc(Br)c1O. The van der Waals surface area contributed by atoms with Crippen molar-refractivity contribution in [2.24, 2.45) is 5.73 Å². The minimum absolute atomic E-state index is 0.0736. The predicted molar refractivity (Wildman–Crippen MR) is 59.9 cm³/mol. The lowest BCUT2D eigenvalue weighted by molar-refractivity contribution is 0.128. The van der Waals surface area contributed by atoms with E-state index in [1.807, 2.05) is 0 Å². The van der Waals surface area contributed by atoms with Crippen LogP contribution >= 0.6 is 15.9 Å². The van der Waals surface area contributed by atoms with Gasteiger partial charge in [-0.05, 0) is 33.6 Å². The molecule has 0 aliphatic heterocycles. The van der Waals surface area contributed by atoms with Crippen LogP contribution in [0.5, 0.6) is 11.5 Å². The Kier molecular flexibility index (Phi) is 4.49. The van der Waals surface area contributed by atoms with E-state index in [-0.39, 0.29) is 11.5 Å². The molecule has 1 atom stereocenters. The molecule has 1 aromatic rings. The molecule has 0 amide bonds. The molecule has 6 heteroatoms. The molecule has 1 rings (SSSR count). The fourth-order valence-electron chi connectivity index (χ4n) is 1.29. The van der Waals surface area contributed by atoms with Crippen LogP contribution in [0, 0.1) is 0 Å². The van der Waals surface area contributed by atoms with Crippen LogP contribution in [0.15, 0.2) is 16.6 Å². The van der Waals surface area contributed by atoms with Crippen molar-refractivity contribution in [3.63, 3.8) is 0 Å². The standard InChI is InChI=1S/C10H12BrF2NO2/c1-16-8-3-5(2-6(11)10(8)15)7(14)4-9(12)13/h2-3,7,9,15H,4,14H2,1H3/t7-/m1/s1. The first-order valence-corrected chi connectivity index (χ1v) is 5.35. The lowest BCUT2D eigenvalue weighted by Crippen LogP contribution is -2.14. The Morgan fingerprint density at radius 3 is 2.62 bits per heavy atom. The molecule has 0 spiro atoms. The Hall–Kier alpha value is -0.880. The molecule has 0 aromatic heterocycles. The smallest absolute Gasteiger partial charge is 0.240 e. The number of halogens is 3. The van der Waals surface area contributed by atoms with Gasteiger partial charge in [0.25, 0.3) is 0 Å². The van der Waals surface area contributed by atoms with Gasteiger partial charge in [0.05, 0.1) is 11.6 Å². The minimum Gasteiger partial charge on any atom is -0.503 e. The number of rotatable bonds is 4. The summed E-state index contributed by atoms with van der Waals surface area (Å²) in [5, 5.41) is 9.52. The zero-order chi connectivity index (χ0) is 12.3. The number of hydrogen-bond donors (Lipinski definition) is 2. The van der Waals surface area contributed by atoms with Crippen molar-refractivity contribution in [3.8, 4) is 11.5 Å². The van der Waals surface area contributed by atoms with Crippen LogP contribution in [0.1, 0.15) is 18.0 Å². The summed E-state index contributed by atoms with van der Waals surface area (Å²) in [5.74, 6) is 0.129. The molecule has 0 radical (unpaired) electrons. The summed E-state index contributed by atoms with van der Waals surface area (Å²) < 4.78 is 29.6. The maximum atomic E-state index is 12.2. The molecule has 0 unspecified atom stereocenters. The molecule has 0 saturated carbocycles. The topological polar surface area (TPSA) is 55.5 Å². The van der Waals surface area contributed by atoms with Crippen molar-refractivity contribution in [1.29, 1.82) is 0 Å². The largest absolute Gasteiger partial charge is 0.503 e. The molecular weight excluding hydrogens is 284 g/mol. The maximum Gasteiger partial charge on any atom is 0.240 e. The van der Waals surface area contributed by atoms with Crippen LogP contribution in [0.25, 0.3) is 0 Å². The van der Waals surface area contributed by atoms with Gasteiger partial charge in [-0.15, -0.1) is 0 Å². The van der Waals surface area contributed by atoms with Crippen molar-refractivity contribution in [3.05, 3.63) is 22.2 Å². The molecule has 16 heavy (non-hydrogen) atoms. The number of methoxy groups -OCH3 is 1. The zero-order valence-corrected chi connectivity index (χ0v) is 10.2. The van der Waals surface area contributed by atoms with Gasteiger partial charge in [-0.2, -0.15) is 0 Å². The van der Waals surface area contributed by atoms with Gasteiger partial charge in [0.15, 0.2) is 11.5 Å². The Labute approximate surface area is 100 Å². The Bertz CT molecular complexity index is 374. The highest BCUT2D eigenvalue weighted by molar-refractivity contribution is 9.10. The second-order valence-electron chi connectivity index (χ2n) is 3.29. The molecular formula is C10H12BrF2NO2. The normalized spacial score (nSPS) is 12.9. The van der Waals surface area contributed by atoms with E-state index in [1.165, 1.54) is 19.2 Å². The first-order valence-electron chi connectivity index (χ1n) is 4.55. The van der Waals surface area contributed by atoms with Crippen molar-refractivity contribution in [1.82, 2.24) is 0 Å². The Morgan fingerprint density at radius 2 is 2.12 bits per heavy atom. The van der Waals surface area contributed by atoms with E-state index in [0.717, 1.165) is 0 Å². The second-order valence-corrected chi connectivity index (χ2v) is 4.14. The second kappa shape index (κ2) is 5.45. The van der Waals surface area contributed by atoms with Gasteiger partial charge >= 0.3 is 0 Å². The van der Waals surface area contributed by atoms with E-state index in [1.54, 1.807) is 0 Å². The molecule has 0 aliphatic rings. The van der Waals surface area contributed by atoms with Gasteiger partial charge in [-0.25, -0.2) is 8.78 Å². The predicted octanol–water partition coefficient (Wildman–Crippen LogP) is 2.82. The van der Waals surface area contributed by atoms with E-state index in [0.29, 0.717) is 10.0 Å². The summed E-state index contributed by atoms with van der Waals surface area (Å²) in [4.78, 5) is 0. The Balaban J connectivity index is 3.01. The molecule has 0 heterocycles. The summed E-state index contributed by atoms with van der Waals surface area (Å²) in [7, 11) is 1.38. The van der Waals surface area contributed by atoms with Gasteiger partial charge in [0.2, 0.25) is 6.43 Å². The number of benzene rings is 1. The van der Waals surface area contributed by atoms with E-state index < -0.39 is 18.9 Å². The highest BCUT2D eigenvalue weighted by Gasteiger charge is 2.16. The number of alkyl halides is 2. The number of ether oxygens (including phenoxy) is 1. The fourth-order valence-corrected chi connectivity index (χ4v) is 1.75. The van der Waals surface area contributed by atoms with Gasteiger partial charge in [-0.1, -0.05) is 0 Å². The van der Waals surface area contributed by atoms with Crippen LogP contribution in [0.2, 0.25) is 0 Å². The van der Waals surface area contributed by atoms with E-state index in [4.69, 9.17) is 10.5 Å². The van der Waals surface area contributed by atoms with E-state index >= 15 is 0 Å². The minimum atomic E-state index is -2.46. The van der Waals surface area contributed by atoms with Crippen molar-refractivity contribution in [2.75, 3.05) is 7.11 Å². The highest BCUT2D eigenvalue weighted by atomic mass is 79.9. The first-order chi connectivity index (χ1) is 7.45. The third-order valence-corrected chi connectivity index (χ3v) is 2.74. The number of nitrogens with two attached hydrogens (primary N) is 1. The van der Waals surface area contributed by atoms with Gasteiger partial charge in [0, 0.05) is 12.5 Å². The monoisotopic (exact) mass is 295 g/mol. The Morgan fingerprint density at radius 1 is 1.50 bits per heavy atom. The highest BCUT2D eigenvalue weighted by Crippen LogP contribution is 2.37. The molecule has 90 valence electrons. The van der Waals surface area contributed by atoms with Gasteiger partial charge in [-0.3, -0.25) is 0 Å². The van der Waals surface area contributed by atoms with Crippen LogP contribution in [0.4, 0.5) is 8.78 Å². The summed E-state index contributed by atoms with van der Waals surface area (Å²) in [6, 6.07) is 2.17. The fraction of sp³-hybridized carbons (Fsp3) is 0.400. The lowest BCUT2D eigenvalue weighted by atomic mass is 10.0. The average Bonchev–Trinajstić information content (AvgIpc) is 2.20. The molecule has 0 fully saturated rings. The third kappa shape index (κ3) is 3.05. The number of aromatic hydroxyl groups is 1. The van der Waals surface area contributed by atoms with Crippen LogP contribution in [0.3, 0.4) is 0 Å². The van der Waals surface area contributed by atoms with Crippen LogP contribution in [-0.2, 0) is 0 Å². The zero-order valence-electron chi connectivity index (χ0n) is 8.58.